The minimum atomic E-state index is 0.176. The molecule has 2 N–H and O–H groups in total. The number of amides is 1. The van der Waals surface area contributed by atoms with Crippen LogP contribution in [0.2, 0.25) is 0 Å². The lowest BCUT2D eigenvalue weighted by Crippen LogP contribution is -2.42. The van der Waals surface area contributed by atoms with Gasteiger partial charge in [0, 0.05) is 19.6 Å². The Bertz CT molecular complexity index is 271. The third-order valence-corrected chi connectivity index (χ3v) is 4.02. The Hall–Kier alpha value is -0.610. The van der Waals surface area contributed by atoms with Crippen LogP contribution in [0, 0.1) is 5.41 Å². The average molecular weight is 283 g/mol. The first-order valence-corrected chi connectivity index (χ1v) is 8.23. The predicted octanol–water partition coefficient (Wildman–Crippen LogP) is 2.00. The number of carbonyl (C=O) groups excluding carboxylic acids is 1. The van der Waals surface area contributed by atoms with Crippen molar-refractivity contribution in [2.24, 2.45) is 5.41 Å². The first kappa shape index (κ1) is 17.4. The predicted molar refractivity (Wildman–Crippen MR) is 84.9 cm³/mol. The number of hydrogen-bond acceptors (Lipinski definition) is 3. The summed E-state index contributed by atoms with van der Waals surface area (Å²) in [6.45, 7) is 12.1. The zero-order valence-electron chi connectivity index (χ0n) is 13.6. The van der Waals surface area contributed by atoms with Gasteiger partial charge < -0.3 is 10.6 Å². The SMILES string of the molecule is CCCCCC(C)(C)CNC(=O)CN1CCCNCC1. The molecule has 20 heavy (non-hydrogen) atoms. The Labute approximate surface area is 124 Å². The monoisotopic (exact) mass is 283 g/mol. The van der Waals surface area contributed by atoms with Gasteiger partial charge in [-0.05, 0) is 31.3 Å². The van der Waals surface area contributed by atoms with Crippen molar-refractivity contribution >= 4 is 5.91 Å². The van der Waals surface area contributed by atoms with E-state index in [-0.39, 0.29) is 11.3 Å². The summed E-state index contributed by atoms with van der Waals surface area (Å²) in [6, 6.07) is 0. The van der Waals surface area contributed by atoms with Crippen LogP contribution in [-0.4, -0.2) is 50.1 Å². The molecule has 1 rings (SSSR count). The minimum Gasteiger partial charge on any atom is -0.354 e. The molecule has 0 radical (unpaired) electrons. The fraction of sp³-hybridized carbons (Fsp3) is 0.938. The molecule has 0 aliphatic carbocycles. The van der Waals surface area contributed by atoms with Crippen LogP contribution in [0.3, 0.4) is 0 Å². The maximum Gasteiger partial charge on any atom is 0.234 e. The van der Waals surface area contributed by atoms with Gasteiger partial charge >= 0.3 is 0 Å². The average Bonchev–Trinajstić information content (AvgIpc) is 2.65. The molecule has 1 saturated heterocycles. The Morgan fingerprint density at radius 2 is 2.05 bits per heavy atom. The van der Waals surface area contributed by atoms with Crippen LogP contribution in [-0.2, 0) is 4.79 Å². The molecular formula is C16H33N3O. The lowest BCUT2D eigenvalue weighted by atomic mass is 9.87. The van der Waals surface area contributed by atoms with E-state index in [9.17, 15) is 4.79 Å². The van der Waals surface area contributed by atoms with E-state index in [1.165, 1.54) is 25.7 Å². The maximum atomic E-state index is 12.0. The van der Waals surface area contributed by atoms with Gasteiger partial charge in [0.1, 0.15) is 0 Å². The van der Waals surface area contributed by atoms with E-state index in [4.69, 9.17) is 0 Å². The molecule has 0 bridgehead atoms. The molecule has 0 aromatic heterocycles. The van der Waals surface area contributed by atoms with Gasteiger partial charge in [0.15, 0.2) is 0 Å². The van der Waals surface area contributed by atoms with Crippen molar-refractivity contribution in [2.45, 2.75) is 52.9 Å². The third kappa shape index (κ3) is 7.85. The highest BCUT2D eigenvalue weighted by molar-refractivity contribution is 5.78. The van der Waals surface area contributed by atoms with Crippen molar-refractivity contribution in [2.75, 3.05) is 39.3 Å². The van der Waals surface area contributed by atoms with Crippen molar-refractivity contribution in [3.05, 3.63) is 0 Å². The molecule has 1 amide bonds. The van der Waals surface area contributed by atoms with E-state index in [0.717, 1.165) is 39.1 Å². The van der Waals surface area contributed by atoms with Gasteiger partial charge in [-0.15, -0.1) is 0 Å². The van der Waals surface area contributed by atoms with E-state index >= 15 is 0 Å². The van der Waals surface area contributed by atoms with E-state index in [0.29, 0.717) is 6.54 Å². The second-order valence-corrected chi connectivity index (χ2v) is 6.78. The summed E-state index contributed by atoms with van der Waals surface area (Å²) in [7, 11) is 0. The molecule has 0 aromatic rings. The fourth-order valence-corrected chi connectivity index (χ4v) is 2.60. The molecule has 1 aliphatic heterocycles. The minimum absolute atomic E-state index is 0.176. The van der Waals surface area contributed by atoms with Gasteiger partial charge in [-0.1, -0.05) is 40.0 Å². The number of nitrogens with one attached hydrogen (secondary N) is 2. The quantitative estimate of drug-likeness (QED) is 0.670. The molecule has 1 fully saturated rings. The fourth-order valence-electron chi connectivity index (χ4n) is 2.60. The number of rotatable bonds is 8. The molecule has 1 aliphatic rings. The Balaban J connectivity index is 2.20. The third-order valence-electron chi connectivity index (χ3n) is 4.02. The van der Waals surface area contributed by atoms with Crippen molar-refractivity contribution < 1.29 is 4.79 Å². The molecule has 118 valence electrons. The van der Waals surface area contributed by atoms with E-state index in [1.807, 2.05) is 0 Å². The summed E-state index contributed by atoms with van der Waals surface area (Å²) in [5.41, 5.74) is 0.213. The summed E-state index contributed by atoms with van der Waals surface area (Å²) >= 11 is 0. The Kier molecular flexibility index (Phi) is 8.15. The number of nitrogens with zero attached hydrogens (tertiary/aromatic N) is 1. The van der Waals surface area contributed by atoms with Crippen molar-refractivity contribution in [3.63, 3.8) is 0 Å². The number of carbonyl (C=O) groups is 1. The molecule has 1 heterocycles. The van der Waals surface area contributed by atoms with Crippen LogP contribution < -0.4 is 10.6 Å². The summed E-state index contributed by atoms with van der Waals surface area (Å²) < 4.78 is 0. The van der Waals surface area contributed by atoms with Gasteiger partial charge in [0.2, 0.25) is 5.91 Å². The molecule has 0 unspecified atom stereocenters. The largest absolute Gasteiger partial charge is 0.354 e. The lowest BCUT2D eigenvalue weighted by Gasteiger charge is -2.26. The van der Waals surface area contributed by atoms with Crippen molar-refractivity contribution in [1.82, 2.24) is 15.5 Å². The first-order chi connectivity index (χ1) is 9.53. The Morgan fingerprint density at radius 3 is 2.80 bits per heavy atom. The van der Waals surface area contributed by atoms with E-state index in [1.54, 1.807) is 0 Å². The molecule has 0 aromatic carbocycles. The van der Waals surface area contributed by atoms with Crippen LogP contribution in [0.25, 0.3) is 0 Å². The summed E-state index contributed by atoms with van der Waals surface area (Å²) in [6.07, 6.45) is 6.13. The van der Waals surface area contributed by atoms with Gasteiger partial charge in [0.25, 0.3) is 0 Å². The van der Waals surface area contributed by atoms with Gasteiger partial charge in [-0.2, -0.15) is 0 Å². The highest BCUT2D eigenvalue weighted by Gasteiger charge is 2.19. The van der Waals surface area contributed by atoms with Crippen molar-refractivity contribution in [1.29, 1.82) is 0 Å². The van der Waals surface area contributed by atoms with Crippen LogP contribution >= 0.6 is 0 Å². The van der Waals surface area contributed by atoms with Crippen LogP contribution in [0.1, 0.15) is 52.9 Å². The maximum absolute atomic E-state index is 12.0. The molecule has 0 spiro atoms. The highest BCUT2D eigenvalue weighted by atomic mass is 16.2. The van der Waals surface area contributed by atoms with Gasteiger partial charge in [-0.3, -0.25) is 9.69 Å². The molecular weight excluding hydrogens is 250 g/mol. The van der Waals surface area contributed by atoms with Crippen LogP contribution in [0.4, 0.5) is 0 Å². The summed E-state index contributed by atoms with van der Waals surface area (Å²) in [5, 5.41) is 6.48. The topological polar surface area (TPSA) is 44.4 Å². The second-order valence-electron chi connectivity index (χ2n) is 6.78. The molecule has 4 nitrogen and oxygen atoms in total. The van der Waals surface area contributed by atoms with Gasteiger partial charge in [0.05, 0.1) is 6.54 Å². The molecule has 4 heteroatoms. The number of hydrogen-bond donors (Lipinski definition) is 2. The number of unbranched alkanes of at least 4 members (excludes halogenated alkanes) is 2. The van der Waals surface area contributed by atoms with E-state index in [2.05, 4.69) is 36.3 Å². The smallest absolute Gasteiger partial charge is 0.234 e. The Morgan fingerprint density at radius 1 is 1.25 bits per heavy atom. The van der Waals surface area contributed by atoms with Crippen LogP contribution in [0.15, 0.2) is 0 Å². The van der Waals surface area contributed by atoms with Gasteiger partial charge in [-0.25, -0.2) is 0 Å². The van der Waals surface area contributed by atoms with E-state index < -0.39 is 0 Å². The first-order valence-electron chi connectivity index (χ1n) is 8.23. The zero-order valence-corrected chi connectivity index (χ0v) is 13.6. The zero-order chi connectivity index (χ0) is 14.8. The normalized spacial score (nSPS) is 17.8. The molecule has 0 saturated carbocycles. The summed E-state index contributed by atoms with van der Waals surface area (Å²) in [5.74, 6) is 0.176. The summed E-state index contributed by atoms with van der Waals surface area (Å²) in [4.78, 5) is 14.3. The lowest BCUT2D eigenvalue weighted by molar-refractivity contribution is -0.122. The standard InChI is InChI=1S/C16H33N3O/c1-4-5-6-8-16(2,3)14-18-15(20)13-19-11-7-9-17-10-12-19/h17H,4-14H2,1-3H3,(H,18,20). The van der Waals surface area contributed by atoms with Crippen LogP contribution in [0.5, 0.6) is 0 Å². The highest BCUT2D eigenvalue weighted by Crippen LogP contribution is 2.22. The van der Waals surface area contributed by atoms with Crippen molar-refractivity contribution in [3.8, 4) is 0 Å². The second kappa shape index (κ2) is 9.35. The molecule has 0 atom stereocenters.